The molecule has 1 atom stereocenters. The summed E-state index contributed by atoms with van der Waals surface area (Å²) >= 11 is 0. The Morgan fingerprint density at radius 2 is 1.89 bits per heavy atom. The van der Waals surface area contributed by atoms with E-state index < -0.39 is 26.4 Å². The number of hydrogen-bond donors (Lipinski definition) is 1. The molecule has 0 aliphatic carbocycles. The molecule has 0 aliphatic rings. The van der Waals surface area contributed by atoms with Crippen molar-refractivity contribution in [1.29, 1.82) is 0 Å². The lowest BCUT2D eigenvalue weighted by Crippen LogP contribution is -2.39. The molecule has 0 amide bonds. The molecular weight excluding hydrogens is 272 g/mol. The summed E-state index contributed by atoms with van der Waals surface area (Å²) in [5.41, 5.74) is 0. The third kappa shape index (κ3) is 4.24. The molecule has 1 aromatic carbocycles. The lowest BCUT2D eigenvalue weighted by molar-refractivity contribution is 0.434. The minimum absolute atomic E-state index is 0.0753. The monoisotopic (exact) mass is 291 g/mol. The van der Waals surface area contributed by atoms with Crippen LogP contribution in [0.5, 0.6) is 0 Å². The van der Waals surface area contributed by atoms with Crippen molar-refractivity contribution >= 4 is 9.84 Å². The van der Waals surface area contributed by atoms with Gasteiger partial charge in [0.2, 0.25) is 0 Å². The van der Waals surface area contributed by atoms with Crippen LogP contribution in [0.2, 0.25) is 0 Å². The van der Waals surface area contributed by atoms with Gasteiger partial charge < -0.3 is 5.32 Å². The summed E-state index contributed by atoms with van der Waals surface area (Å²) < 4.78 is 50.9. The highest BCUT2D eigenvalue weighted by molar-refractivity contribution is 7.91. The molecule has 0 aromatic heterocycles. The van der Waals surface area contributed by atoms with Crippen molar-refractivity contribution < 1.29 is 17.2 Å². The first-order valence-electron chi connectivity index (χ1n) is 6.19. The smallest absolute Gasteiger partial charge is 0.182 e. The van der Waals surface area contributed by atoms with Crippen molar-refractivity contribution in [3.63, 3.8) is 0 Å². The highest BCUT2D eigenvalue weighted by Crippen LogP contribution is 2.19. The Labute approximate surface area is 112 Å². The molecule has 0 aliphatic heterocycles. The number of rotatable bonds is 6. The van der Waals surface area contributed by atoms with Crippen LogP contribution in [0.25, 0.3) is 0 Å². The second kappa shape index (κ2) is 6.43. The molecule has 0 bridgehead atoms. The van der Waals surface area contributed by atoms with Gasteiger partial charge in [0.1, 0.15) is 16.5 Å². The van der Waals surface area contributed by atoms with E-state index in [-0.39, 0.29) is 17.7 Å². The van der Waals surface area contributed by atoms with E-state index in [0.29, 0.717) is 6.54 Å². The Kier molecular flexibility index (Phi) is 5.43. The molecule has 1 N–H and O–H groups in total. The van der Waals surface area contributed by atoms with Crippen LogP contribution in [0.4, 0.5) is 8.78 Å². The zero-order valence-electron chi connectivity index (χ0n) is 11.3. The van der Waals surface area contributed by atoms with E-state index in [2.05, 4.69) is 5.32 Å². The van der Waals surface area contributed by atoms with Crippen LogP contribution in [0.3, 0.4) is 0 Å². The van der Waals surface area contributed by atoms with Gasteiger partial charge in [-0.05, 0) is 30.7 Å². The largest absolute Gasteiger partial charge is 0.313 e. The molecule has 1 unspecified atom stereocenters. The lowest BCUT2D eigenvalue weighted by atomic mass is 10.1. The zero-order chi connectivity index (χ0) is 14.6. The van der Waals surface area contributed by atoms with Crippen LogP contribution in [0, 0.1) is 17.6 Å². The molecule has 6 heteroatoms. The Balaban J connectivity index is 3.06. The molecule has 3 nitrogen and oxygen atoms in total. The van der Waals surface area contributed by atoms with Gasteiger partial charge in [-0.3, -0.25) is 0 Å². The highest BCUT2D eigenvalue weighted by Gasteiger charge is 2.26. The van der Waals surface area contributed by atoms with E-state index >= 15 is 0 Å². The van der Waals surface area contributed by atoms with Gasteiger partial charge in [-0.1, -0.05) is 20.8 Å². The Morgan fingerprint density at radius 3 is 2.42 bits per heavy atom. The maximum atomic E-state index is 13.5. The average molecular weight is 291 g/mol. The van der Waals surface area contributed by atoms with Crippen LogP contribution >= 0.6 is 0 Å². The van der Waals surface area contributed by atoms with Crippen LogP contribution in [0.15, 0.2) is 23.1 Å². The van der Waals surface area contributed by atoms with Crippen molar-refractivity contribution in [2.75, 3.05) is 12.3 Å². The van der Waals surface area contributed by atoms with Crippen molar-refractivity contribution in [3.05, 3.63) is 29.8 Å². The topological polar surface area (TPSA) is 46.2 Å². The molecule has 0 spiro atoms. The molecule has 0 saturated carbocycles. The Bertz CT molecular complexity index is 529. The zero-order valence-corrected chi connectivity index (χ0v) is 12.1. The predicted octanol–water partition coefficient (Wildman–Crippen LogP) is 2.37. The SMILES string of the molecule is CCNC(CS(=O)(=O)c1cc(F)ccc1F)C(C)C. The number of halogens is 2. The van der Waals surface area contributed by atoms with Gasteiger partial charge in [0.25, 0.3) is 0 Å². The number of sulfone groups is 1. The molecule has 0 fully saturated rings. The number of benzene rings is 1. The molecule has 0 heterocycles. The third-order valence-corrected chi connectivity index (χ3v) is 4.68. The second-order valence-electron chi connectivity index (χ2n) is 4.76. The van der Waals surface area contributed by atoms with Gasteiger partial charge in [0, 0.05) is 6.04 Å². The summed E-state index contributed by atoms with van der Waals surface area (Å²) in [4.78, 5) is -0.573. The summed E-state index contributed by atoms with van der Waals surface area (Å²) in [5.74, 6) is -1.85. The molecule has 0 radical (unpaired) electrons. The normalized spacial score (nSPS) is 13.8. The second-order valence-corrected chi connectivity index (χ2v) is 6.77. The van der Waals surface area contributed by atoms with Crippen LogP contribution in [-0.4, -0.2) is 26.8 Å². The first-order valence-corrected chi connectivity index (χ1v) is 7.84. The summed E-state index contributed by atoms with van der Waals surface area (Å²) in [5, 5.41) is 3.05. The Morgan fingerprint density at radius 1 is 1.26 bits per heavy atom. The molecule has 108 valence electrons. The quantitative estimate of drug-likeness (QED) is 0.875. The van der Waals surface area contributed by atoms with Crippen LogP contribution in [-0.2, 0) is 9.84 Å². The van der Waals surface area contributed by atoms with E-state index in [4.69, 9.17) is 0 Å². The van der Waals surface area contributed by atoms with Gasteiger partial charge in [-0.2, -0.15) is 0 Å². The molecule has 19 heavy (non-hydrogen) atoms. The van der Waals surface area contributed by atoms with E-state index in [1.54, 1.807) is 0 Å². The summed E-state index contributed by atoms with van der Waals surface area (Å²) in [6.07, 6.45) is 0. The van der Waals surface area contributed by atoms with E-state index in [1.165, 1.54) is 0 Å². The summed E-state index contributed by atoms with van der Waals surface area (Å²) in [6, 6.07) is 2.17. The standard InChI is InChI=1S/C13H19F2NO2S/c1-4-16-12(9(2)3)8-19(17,18)13-7-10(14)5-6-11(13)15/h5-7,9,12,16H,4,8H2,1-3H3. The first kappa shape index (κ1) is 16.0. The molecular formula is C13H19F2NO2S. The van der Waals surface area contributed by atoms with Crippen molar-refractivity contribution in [2.45, 2.75) is 31.7 Å². The predicted molar refractivity (Wildman–Crippen MR) is 70.7 cm³/mol. The minimum atomic E-state index is -3.86. The highest BCUT2D eigenvalue weighted by atomic mass is 32.2. The fourth-order valence-electron chi connectivity index (χ4n) is 1.79. The van der Waals surface area contributed by atoms with Crippen molar-refractivity contribution in [2.24, 2.45) is 5.92 Å². The fraction of sp³-hybridized carbons (Fsp3) is 0.538. The van der Waals surface area contributed by atoms with E-state index in [0.717, 1.165) is 18.2 Å². The maximum Gasteiger partial charge on any atom is 0.182 e. The maximum absolute atomic E-state index is 13.5. The molecule has 0 saturated heterocycles. The lowest BCUT2D eigenvalue weighted by Gasteiger charge is -2.21. The minimum Gasteiger partial charge on any atom is -0.313 e. The van der Waals surface area contributed by atoms with Gasteiger partial charge in [-0.25, -0.2) is 17.2 Å². The van der Waals surface area contributed by atoms with Crippen molar-refractivity contribution in [3.8, 4) is 0 Å². The average Bonchev–Trinajstić information content (AvgIpc) is 2.31. The van der Waals surface area contributed by atoms with Gasteiger partial charge >= 0.3 is 0 Å². The molecule has 1 aromatic rings. The summed E-state index contributed by atoms with van der Waals surface area (Å²) in [6.45, 7) is 6.24. The van der Waals surface area contributed by atoms with Gasteiger partial charge in [0.05, 0.1) is 5.75 Å². The first-order chi connectivity index (χ1) is 8.77. The van der Waals surface area contributed by atoms with Crippen molar-refractivity contribution in [1.82, 2.24) is 5.32 Å². The van der Waals surface area contributed by atoms with Gasteiger partial charge in [0.15, 0.2) is 9.84 Å². The fourth-order valence-corrected chi connectivity index (χ4v) is 3.60. The van der Waals surface area contributed by atoms with Crippen LogP contribution < -0.4 is 5.32 Å². The van der Waals surface area contributed by atoms with E-state index in [9.17, 15) is 17.2 Å². The third-order valence-electron chi connectivity index (χ3n) is 2.90. The Hall–Kier alpha value is -1.01. The van der Waals surface area contributed by atoms with Gasteiger partial charge in [-0.15, -0.1) is 0 Å². The summed E-state index contributed by atoms with van der Waals surface area (Å²) in [7, 11) is -3.86. The number of nitrogens with one attached hydrogen (secondary N) is 1. The molecule has 1 rings (SSSR count). The number of hydrogen-bond acceptors (Lipinski definition) is 3. The van der Waals surface area contributed by atoms with E-state index in [1.807, 2.05) is 20.8 Å². The van der Waals surface area contributed by atoms with Crippen LogP contribution in [0.1, 0.15) is 20.8 Å².